The quantitative estimate of drug-likeness (QED) is 0.871. The van der Waals surface area contributed by atoms with Crippen molar-refractivity contribution in [3.8, 4) is 11.5 Å². The second-order valence-corrected chi connectivity index (χ2v) is 6.46. The molecule has 0 saturated carbocycles. The highest BCUT2D eigenvalue weighted by Crippen LogP contribution is 2.28. The molecule has 2 N–H and O–H groups in total. The number of thioether (sulfide) groups is 1. The zero-order valence-electron chi connectivity index (χ0n) is 10.7. The summed E-state index contributed by atoms with van der Waals surface area (Å²) >= 11 is 5.26. The summed E-state index contributed by atoms with van der Waals surface area (Å²) in [6.07, 6.45) is 0.996. The molecular weight excluding hydrogens is 326 g/mol. The number of rotatable bonds is 6. The highest BCUT2D eigenvalue weighted by molar-refractivity contribution is 9.10. The third-order valence-electron chi connectivity index (χ3n) is 2.64. The van der Waals surface area contributed by atoms with Crippen LogP contribution in [0, 0.1) is 0 Å². The first-order chi connectivity index (χ1) is 9.20. The highest BCUT2D eigenvalue weighted by atomic mass is 79.9. The minimum absolute atomic E-state index is 0.504. The second-order valence-electron chi connectivity index (χ2n) is 4.18. The molecule has 0 radical (unpaired) electrons. The first kappa shape index (κ1) is 14.6. The van der Waals surface area contributed by atoms with E-state index in [0.29, 0.717) is 23.6 Å². The fourth-order valence-electron chi connectivity index (χ4n) is 1.59. The molecule has 4 nitrogen and oxygen atoms in total. The van der Waals surface area contributed by atoms with Gasteiger partial charge in [-0.2, -0.15) is 0 Å². The Morgan fingerprint density at radius 2 is 2.16 bits per heavy atom. The van der Waals surface area contributed by atoms with E-state index in [1.54, 1.807) is 11.8 Å². The zero-order valence-corrected chi connectivity index (χ0v) is 13.1. The average molecular weight is 342 g/mol. The van der Waals surface area contributed by atoms with Crippen molar-refractivity contribution in [3.05, 3.63) is 34.6 Å². The van der Waals surface area contributed by atoms with Gasteiger partial charge in [-0.25, -0.2) is 0 Å². The van der Waals surface area contributed by atoms with E-state index < -0.39 is 0 Å². The Balaban J connectivity index is 2.02. The van der Waals surface area contributed by atoms with Crippen LogP contribution in [0.25, 0.3) is 11.5 Å². The Bertz CT molecular complexity index is 532. The predicted molar refractivity (Wildman–Crippen MR) is 81.9 cm³/mol. The van der Waals surface area contributed by atoms with E-state index in [2.05, 4.69) is 33.1 Å². The molecule has 1 unspecified atom stereocenters. The van der Waals surface area contributed by atoms with Gasteiger partial charge in [0, 0.05) is 9.72 Å². The van der Waals surface area contributed by atoms with Gasteiger partial charge >= 0.3 is 0 Å². The summed E-state index contributed by atoms with van der Waals surface area (Å²) in [6, 6.07) is 7.81. The summed E-state index contributed by atoms with van der Waals surface area (Å²) in [4.78, 5) is 0. The SMILES string of the molecule is CC(CCN)SCc1nnc(-c2ccccc2Br)o1. The zero-order chi connectivity index (χ0) is 13.7. The molecule has 0 aliphatic carbocycles. The van der Waals surface area contributed by atoms with Gasteiger partial charge in [0.15, 0.2) is 0 Å². The van der Waals surface area contributed by atoms with E-state index in [1.807, 2.05) is 24.3 Å². The molecular formula is C13H16BrN3OS. The van der Waals surface area contributed by atoms with Gasteiger partial charge in [0.2, 0.25) is 11.8 Å². The van der Waals surface area contributed by atoms with Crippen LogP contribution in [0.15, 0.2) is 33.2 Å². The van der Waals surface area contributed by atoms with E-state index in [9.17, 15) is 0 Å². The summed E-state index contributed by atoms with van der Waals surface area (Å²) in [7, 11) is 0. The van der Waals surface area contributed by atoms with E-state index in [4.69, 9.17) is 10.2 Å². The molecule has 2 rings (SSSR count). The maximum Gasteiger partial charge on any atom is 0.248 e. The predicted octanol–water partition coefficient (Wildman–Crippen LogP) is 3.47. The van der Waals surface area contributed by atoms with Crippen molar-refractivity contribution < 1.29 is 4.42 Å². The second kappa shape index (κ2) is 7.07. The third-order valence-corrected chi connectivity index (χ3v) is 4.55. The van der Waals surface area contributed by atoms with Gasteiger partial charge in [0.1, 0.15) is 0 Å². The summed E-state index contributed by atoms with van der Waals surface area (Å²) in [6.45, 7) is 2.86. The lowest BCUT2D eigenvalue weighted by atomic mass is 10.2. The van der Waals surface area contributed by atoms with Crippen LogP contribution < -0.4 is 5.73 Å². The Morgan fingerprint density at radius 1 is 1.37 bits per heavy atom. The van der Waals surface area contributed by atoms with E-state index >= 15 is 0 Å². The highest BCUT2D eigenvalue weighted by Gasteiger charge is 2.12. The minimum atomic E-state index is 0.504. The van der Waals surface area contributed by atoms with E-state index in [0.717, 1.165) is 22.2 Å². The van der Waals surface area contributed by atoms with Crippen molar-refractivity contribution in [1.82, 2.24) is 10.2 Å². The van der Waals surface area contributed by atoms with Gasteiger partial charge < -0.3 is 10.2 Å². The molecule has 102 valence electrons. The van der Waals surface area contributed by atoms with Crippen LogP contribution in [0.5, 0.6) is 0 Å². The Labute approximate surface area is 125 Å². The normalized spacial score (nSPS) is 12.6. The van der Waals surface area contributed by atoms with Crippen LogP contribution in [-0.4, -0.2) is 22.0 Å². The summed E-state index contributed by atoms with van der Waals surface area (Å²) in [5.41, 5.74) is 6.44. The topological polar surface area (TPSA) is 64.9 Å². The lowest BCUT2D eigenvalue weighted by Crippen LogP contribution is -2.07. The molecule has 1 aromatic heterocycles. The van der Waals surface area contributed by atoms with Crippen molar-refractivity contribution in [2.24, 2.45) is 5.73 Å². The van der Waals surface area contributed by atoms with Crippen molar-refractivity contribution in [2.75, 3.05) is 6.54 Å². The molecule has 0 bridgehead atoms. The van der Waals surface area contributed by atoms with Crippen LogP contribution >= 0.6 is 27.7 Å². The first-order valence-electron chi connectivity index (χ1n) is 6.09. The number of aromatic nitrogens is 2. The molecule has 0 aliphatic rings. The van der Waals surface area contributed by atoms with Gasteiger partial charge in [-0.15, -0.1) is 22.0 Å². The smallest absolute Gasteiger partial charge is 0.248 e. The Morgan fingerprint density at radius 3 is 2.89 bits per heavy atom. The molecule has 0 amide bonds. The third kappa shape index (κ3) is 4.06. The minimum Gasteiger partial charge on any atom is -0.420 e. The monoisotopic (exact) mass is 341 g/mol. The molecule has 1 atom stereocenters. The summed E-state index contributed by atoms with van der Waals surface area (Å²) in [5.74, 6) is 1.92. The number of hydrogen-bond acceptors (Lipinski definition) is 5. The first-order valence-corrected chi connectivity index (χ1v) is 7.94. The summed E-state index contributed by atoms with van der Waals surface area (Å²) in [5, 5.41) is 8.67. The Kier molecular flexibility index (Phi) is 5.42. The molecule has 6 heteroatoms. The number of nitrogens with two attached hydrogens (primary N) is 1. The maximum atomic E-state index is 5.67. The van der Waals surface area contributed by atoms with Gasteiger partial charge in [-0.05, 0) is 41.0 Å². The molecule has 19 heavy (non-hydrogen) atoms. The van der Waals surface area contributed by atoms with Crippen molar-refractivity contribution in [2.45, 2.75) is 24.3 Å². The van der Waals surface area contributed by atoms with Gasteiger partial charge in [-0.3, -0.25) is 0 Å². The van der Waals surface area contributed by atoms with Crippen LogP contribution in [0.3, 0.4) is 0 Å². The molecule has 1 heterocycles. The fraction of sp³-hybridized carbons (Fsp3) is 0.385. The van der Waals surface area contributed by atoms with Gasteiger partial charge in [0.25, 0.3) is 0 Å². The van der Waals surface area contributed by atoms with Crippen molar-refractivity contribution in [1.29, 1.82) is 0 Å². The van der Waals surface area contributed by atoms with Gasteiger partial charge in [0.05, 0.1) is 11.3 Å². The van der Waals surface area contributed by atoms with E-state index in [-0.39, 0.29) is 0 Å². The Hall–Kier alpha value is -0.850. The van der Waals surface area contributed by atoms with Crippen LogP contribution in [0.2, 0.25) is 0 Å². The molecule has 1 aromatic carbocycles. The standard InChI is InChI=1S/C13H16BrN3OS/c1-9(6-7-15)19-8-12-16-17-13(18-12)10-4-2-3-5-11(10)14/h2-5,9H,6-8,15H2,1H3. The molecule has 0 aliphatic heterocycles. The number of hydrogen-bond donors (Lipinski definition) is 1. The fourth-order valence-corrected chi connectivity index (χ4v) is 2.89. The molecule has 0 spiro atoms. The average Bonchev–Trinajstić information content (AvgIpc) is 2.86. The number of nitrogens with zero attached hydrogens (tertiary/aromatic N) is 2. The lowest BCUT2D eigenvalue weighted by Gasteiger charge is -2.06. The number of halogens is 1. The molecule has 2 aromatic rings. The lowest BCUT2D eigenvalue weighted by molar-refractivity contribution is 0.528. The largest absolute Gasteiger partial charge is 0.420 e. The number of benzene rings is 1. The summed E-state index contributed by atoms with van der Waals surface area (Å²) < 4.78 is 6.63. The van der Waals surface area contributed by atoms with Gasteiger partial charge in [-0.1, -0.05) is 19.1 Å². The van der Waals surface area contributed by atoms with Crippen molar-refractivity contribution in [3.63, 3.8) is 0 Å². The van der Waals surface area contributed by atoms with E-state index in [1.165, 1.54) is 0 Å². The van der Waals surface area contributed by atoms with Crippen LogP contribution in [-0.2, 0) is 5.75 Å². The molecule has 0 fully saturated rings. The molecule has 0 saturated heterocycles. The van der Waals surface area contributed by atoms with Crippen LogP contribution in [0.4, 0.5) is 0 Å². The van der Waals surface area contributed by atoms with Crippen molar-refractivity contribution >= 4 is 27.7 Å². The van der Waals surface area contributed by atoms with Crippen LogP contribution in [0.1, 0.15) is 19.2 Å². The maximum absolute atomic E-state index is 5.67.